The maximum absolute atomic E-state index is 14.1. The highest BCUT2D eigenvalue weighted by molar-refractivity contribution is 9.10. The molecule has 0 spiro atoms. The van der Waals surface area contributed by atoms with Gasteiger partial charge in [-0.1, -0.05) is 49.4 Å². The van der Waals surface area contributed by atoms with E-state index in [0.717, 1.165) is 23.4 Å². The van der Waals surface area contributed by atoms with E-state index in [0.29, 0.717) is 29.2 Å². The molecule has 2 amide bonds. The molecule has 0 saturated carbocycles. The highest BCUT2D eigenvalue weighted by Crippen LogP contribution is 2.28. The number of hydrogen-bond donors (Lipinski definition) is 2. The fraction of sp³-hybridized carbons (Fsp3) is 0.280. The summed E-state index contributed by atoms with van der Waals surface area (Å²) in [5.74, 6) is -1.96. The van der Waals surface area contributed by atoms with Crippen molar-refractivity contribution in [3.63, 3.8) is 0 Å². The number of aromatic nitrogens is 3. The lowest BCUT2D eigenvalue weighted by molar-refractivity contribution is -0.113. The number of allylic oxidation sites excluding steroid dienone is 1. The van der Waals surface area contributed by atoms with E-state index in [1.54, 1.807) is 22.8 Å². The average molecular weight is 578 g/mol. The van der Waals surface area contributed by atoms with Gasteiger partial charge in [0.2, 0.25) is 5.91 Å². The van der Waals surface area contributed by atoms with Crippen molar-refractivity contribution in [3.8, 4) is 0 Å². The van der Waals surface area contributed by atoms with E-state index in [9.17, 15) is 18.4 Å². The van der Waals surface area contributed by atoms with Crippen LogP contribution in [0, 0.1) is 24.5 Å². The molecule has 36 heavy (non-hydrogen) atoms. The Morgan fingerprint density at radius 3 is 2.50 bits per heavy atom. The summed E-state index contributed by atoms with van der Waals surface area (Å²) in [5.41, 5.74) is 1.44. The van der Waals surface area contributed by atoms with Crippen LogP contribution in [0.1, 0.15) is 41.6 Å². The lowest BCUT2D eigenvalue weighted by atomic mass is 10.0. The van der Waals surface area contributed by atoms with Gasteiger partial charge in [0.05, 0.1) is 17.5 Å². The van der Waals surface area contributed by atoms with E-state index < -0.39 is 23.6 Å². The molecular formula is C25H26BrF2N5O2S. The highest BCUT2D eigenvalue weighted by atomic mass is 79.9. The molecule has 0 radical (unpaired) electrons. The number of amides is 2. The Bertz CT molecular complexity index is 1240. The predicted octanol–water partition coefficient (Wildman–Crippen LogP) is 5.67. The van der Waals surface area contributed by atoms with Gasteiger partial charge in [0, 0.05) is 22.6 Å². The molecule has 3 rings (SSSR count). The minimum atomic E-state index is -0.888. The number of halogens is 3. The summed E-state index contributed by atoms with van der Waals surface area (Å²) in [6, 6.07) is 8.58. The molecule has 0 unspecified atom stereocenters. The summed E-state index contributed by atoms with van der Waals surface area (Å²) in [5, 5.41) is 14.4. The molecule has 0 fully saturated rings. The zero-order chi connectivity index (χ0) is 26.4. The third-order valence-electron chi connectivity index (χ3n) is 5.21. The first-order valence-electron chi connectivity index (χ1n) is 11.1. The van der Waals surface area contributed by atoms with Crippen molar-refractivity contribution >= 4 is 45.2 Å². The first-order valence-corrected chi connectivity index (χ1v) is 12.9. The number of hydrogen-bond acceptors (Lipinski definition) is 5. The normalized spacial score (nSPS) is 11.9. The maximum Gasteiger partial charge on any atom is 0.251 e. The third-order valence-corrected chi connectivity index (χ3v) is 6.80. The van der Waals surface area contributed by atoms with E-state index in [2.05, 4.69) is 43.3 Å². The van der Waals surface area contributed by atoms with Gasteiger partial charge < -0.3 is 15.2 Å². The Balaban J connectivity index is 1.76. The van der Waals surface area contributed by atoms with Crippen LogP contribution in [0.15, 0.2) is 58.7 Å². The summed E-state index contributed by atoms with van der Waals surface area (Å²) in [6.07, 6.45) is 1.67. The Kier molecular flexibility index (Phi) is 9.38. The van der Waals surface area contributed by atoms with Crippen LogP contribution in [0.4, 0.5) is 14.5 Å². The summed E-state index contributed by atoms with van der Waals surface area (Å²) in [4.78, 5) is 25.4. The quantitative estimate of drug-likeness (QED) is 0.239. The van der Waals surface area contributed by atoms with Gasteiger partial charge >= 0.3 is 0 Å². The maximum atomic E-state index is 14.1. The zero-order valence-electron chi connectivity index (χ0n) is 20.0. The first-order chi connectivity index (χ1) is 17.1. The van der Waals surface area contributed by atoms with Crippen molar-refractivity contribution in [3.05, 3.63) is 82.1 Å². The van der Waals surface area contributed by atoms with Gasteiger partial charge in [-0.05, 0) is 47.0 Å². The van der Waals surface area contributed by atoms with Gasteiger partial charge in [-0.25, -0.2) is 8.78 Å². The van der Waals surface area contributed by atoms with Gasteiger partial charge in [-0.15, -0.1) is 16.8 Å². The number of carbonyl (C=O) groups is 2. The van der Waals surface area contributed by atoms with Crippen molar-refractivity contribution in [2.75, 3.05) is 11.1 Å². The topological polar surface area (TPSA) is 88.9 Å². The summed E-state index contributed by atoms with van der Waals surface area (Å²) < 4.78 is 29.2. The zero-order valence-corrected chi connectivity index (χ0v) is 22.4. The summed E-state index contributed by atoms with van der Waals surface area (Å²) >= 11 is 4.15. The molecule has 1 aromatic heterocycles. The lowest BCUT2D eigenvalue weighted by Crippen LogP contribution is -2.33. The monoisotopic (exact) mass is 577 g/mol. The first kappa shape index (κ1) is 27.5. The number of anilines is 1. The number of benzene rings is 2. The lowest BCUT2D eigenvalue weighted by Gasteiger charge is -2.22. The molecule has 11 heteroatoms. The molecule has 0 saturated heterocycles. The van der Waals surface area contributed by atoms with Gasteiger partial charge in [0.1, 0.15) is 5.82 Å². The van der Waals surface area contributed by atoms with Gasteiger partial charge in [0.15, 0.2) is 16.8 Å². The molecule has 2 N–H and O–H groups in total. The Morgan fingerprint density at radius 2 is 1.89 bits per heavy atom. The predicted molar refractivity (Wildman–Crippen MR) is 140 cm³/mol. The fourth-order valence-electron chi connectivity index (χ4n) is 3.36. The van der Waals surface area contributed by atoms with Crippen molar-refractivity contribution in [2.45, 2.75) is 38.5 Å². The minimum Gasteiger partial charge on any atom is -0.342 e. The van der Waals surface area contributed by atoms with Crippen LogP contribution in [0.25, 0.3) is 0 Å². The number of rotatable bonds is 10. The number of thioether (sulfide) groups is 1. The Morgan fingerprint density at radius 1 is 1.19 bits per heavy atom. The van der Waals surface area contributed by atoms with Crippen LogP contribution in [0.2, 0.25) is 0 Å². The molecule has 1 heterocycles. The number of carbonyl (C=O) groups excluding carboxylic acids is 2. The van der Waals surface area contributed by atoms with Gasteiger partial charge in [-0.2, -0.15) is 0 Å². The number of aryl methyl sites for hydroxylation is 1. The van der Waals surface area contributed by atoms with E-state index in [-0.39, 0.29) is 27.7 Å². The van der Waals surface area contributed by atoms with E-state index >= 15 is 0 Å². The minimum absolute atomic E-state index is 0.00730. The van der Waals surface area contributed by atoms with E-state index in [1.165, 1.54) is 0 Å². The Labute approximate surface area is 220 Å². The van der Waals surface area contributed by atoms with Gasteiger partial charge in [0.25, 0.3) is 5.91 Å². The molecule has 3 aromatic rings. The molecule has 0 aliphatic heterocycles. The van der Waals surface area contributed by atoms with Crippen molar-refractivity contribution in [1.82, 2.24) is 20.1 Å². The van der Waals surface area contributed by atoms with Crippen LogP contribution in [0.5, 0.6) is 0 Å². The fourth-order valence-corrected chi connectivity index (χ4v) is 4.63. The highest BCUT2D eigenvalue weighted by Gasteiger charge is 2.26. The van der Waals surface area contributed by atoms with E-state index in [4.69, 9.17) is 0 Å². The van der Waals surface area contributed by atoms with Crippen molar-refractivity contribution in [1.29, 1.82) is 0 Å². The molecule has 0 aliphatic carbocycles. The van der Waals surface area contributed by atoms with Crippen LogP contribution in [-0.2, 0) is 11.3 Å². The summed E-state index contributed by atoms with van der Waals surface area (Å²) in [6.45, 7) is 10.0. The molecule has 7 nitrogen and oxygen atoms in total. The van der Waals surface area contributed by atoms with Crippen LogP contribution < -0.4 is 10.6 Å². The second-order valence-corrected chi connectivity index (χ2v) is 10.2. The van der Waals surface area contributed by atoms with Crippen molar-refractivity contribution in [2.24, 2.45) is 5.92 Å². The summed E-state index contributed by atoms with van der Waals surface area (Å²) in [7, 11) is 0. The molecule has 1 atom stereocenters. The standard InChI is InChI=1S/C25H26BrF2N5O2S/c1-5-10-33-23(21(14(2)3)30-24(35)16-8-6-15(4)7-9-16)31-32-25(33)36-13-20(34)29-22-18(26)11-17(27)12-19(22)28/h5-9,11-12,14,21H,1,10,13H2,2-4H3,(H,29,34)(H,30,35)/t21-/m0/s1. The van der Waals surface area contributed by atoms with Gasteiger partial charge in [-0.3, -0.25) is 9.59 Å². The molecule has 0 bridgehead atoms. The second-order valence-electron chi connectivity index (χ2n) is 8.38. The average Bonchev–Trinajstić information content (AvgIpc) is 3.21. The molecule has 190 valence electrons. The molecule has 0 aliphatic rings. The smallest absolute Gasteiger partial charge is 0.251 e. The van der Waals surface area contributed by atoms with E-state index in [1.807, 2.05) is 32.9 Å². The second kappa shape index (κ2) is 12.3. The third kappa shape index (κ3) is 6.79. The van der Waals surface area contributed by atoms with Crippen LogP contribution >= 0.6 is 27.7 Å². The number of nitrogens with one attached hydrogen (secondary N) is 2. The largest absolute Gasteiger partial charge is 0.342 e. The Hall–Kier alpha value is -3.05. The SMILES string of the molecule is C=CCn1c(SCC(=O)Nc2c(F)cc(F)cc2Br)nnc1[C@@H](NC(=O)c1ccc(C)cc1)C(C)C. The molecular weight excluding hydrogens is 552 g/mol. The van der Waals surface area contributed by atoms with Crippen LogP contribution in [-0.4, -0.2) is 32.3 Å². The number of nitrogens with zero attached hydrogens (tertiary/aromatic N) is 3. The van der Waals surface area contributed by atoms with Crippen molar-refractivity contribution < 1.29 is 18.4 Å². The van der Waals surface area contributed by atoms with Crippen LogP contribution in [0.3, 0.4) is 0 Å². The molecule has 2 aromatic carbocycles.